The van der Waals surface area contributed by atoms with Gasteiger partial charge in [0.2, 0.25) is 0 Å². The summed E-state index contributed by atoms with van der Waals surface area (Å²) in [6, 6.07) is 0. The number of rotatable bonds is 0. The molecule has 0 aliphatic rings. The maximum absolute atomic E-state index is 5.22. The Morgan fingerprint density at radius 2 is 0.857 bits per heavy atom. The normalized spacial score (nSPS) is 23.1. The summed E-state index contributed by atoms with van der Waals surface area (Å²) in [4.78, 5) is 0. The van der Waals surface area contributed by atoms with Crippen LogP contribution < -0.4 is 0 Å². The van der Waals surface area contributed by atoms with Crippen LogP contribution in [0.2, 0.25) is 0 Å². The van der Waals surface area contributed by atoms with Gasteiger partial charge in [0.15, 0.2) is 0 Å². The van der Waals surface area contributed by atoms with Gasteiger partial charge in [-0.05, 0) is 0 Å². The first-order valence-corrected chi connectivity index (χ1v) is 22.9. The average Bonchev–Trinajstić information content (AvgIpc) is 0.592. The van der Waals surface area contributed by atoms with E-state index in [1.807, 2.05) is 0 Å². The van der Waals surface area contributed by atoms with E-state index in [0.29, 0.717) is 0 Å². The molecule has 0 N–H and O–H groups in total. The van der Waals surface area contributed by atoms with E-state index in [4.69, 9.17) is 44.1 Å². The van der Waals surface area contributed by atoms with Crippen molar-refractivity contribution in [2.75, 3.05) is 0 Å². The average molecular weight is 379 g/mol. The van der Waals surface area contributed by atoms with E-state index in [-0.39, 0.29) is 0 Å². The molecule has 0 saturated carbocycles. The Labute approximate surface area is 63.5 Å². The molecule has 0 atom stereocenters. The van der Waals surface area contributed by atoms with Gasteiger partial charge in [0.1, 0.15) is 0 Å². The van der Waals surface area contributed by atoms with Crippen molar-refractivity contribution in [3.63, 3.8) is 0 Å². The summed E-state index contributed by atoms with van der Waals surface area (Å²) in [5.74, 6) is 0. The Bertz CT molecular complexity index is 66.6. The van der Waals surface area contributed by atoms with E-state index in [1.54, 1.807) is 0 Å². The first-order valence-electron chi connectivity index (χ1n) is 1.01. The molecule has 0 aliphatic heterocycles. The summed E-state index contributed by atoms with van der Waals surface area (Å²) in [6.07, 6.45) is 0. The maximum atomic E-state index is 5.22. The predicted molar refractivity (Wildman–Crippen MR) is 43.9 cm³/mol. The van der Waals surface area contributed by atoms with Crippen molar-refractivity contribution in [1.82, 2.24) is 0 Å². The molecular weight excluding hydrogens is 379 g/mol. The molecule has 0 unspecified atom stereocenters. The fourth-order valence-corrected chi connectivity index (χ4v) is 0. The molecule has 48 valence electrons. The van der Waals surface area contributed by atoms with Gasteiger partial charge in [0.05, 0.1) is 0 Å². The molecule has 0 aliphatic carbocycles. The third-order valence-electron chi connectivity index (χ3n) is 0. The standard InChI is InChI=1S/BrH.5ClH.Sb/h6*1H;/q;;;;;;+5/p-6. The van der Waals surface area contributed by atoms with Crippen molar-refractivity contribution in [3.8, 4) is 0 Å². The van der Waals surface area contributed by atoms with Gasteiger partial charge in [-0.25, -0.2) is 0 Å². The summed E-state index contributed by atoms with van der Waals surface area (Å²) < 4.78 is 0. The summed E-state index contributed by atoms with van der Waals surface area (Å²) in [5, 5.41) is 0. The van der Waals surface area contributed by atoms with Gasteiger partial charge in [-0.15, -0.1) is 0 Å². The second kappa shape index (κ2) is 1.67. The van der Waals surface area contributed by atoms with E-state index in [9.17, 15) is 0 Å². The molecule has 0 amide bonds. The molecule has 0 heterocycles. The van der Waals surface area contributed by atoms with Gasteiger partial charge in [0.25, 0.3) is 0 Å². The summed E-state index contributed by atoms with van der Waals surface area (Å²) in [5.41, 5.74) is 0. The van der Waals surface area contributed by atoms with Crippen LogP contribution in [0.25, 0.3) is 0 Å². The SMILES string of the molecule is [Cl][Sb-]([Cl])([Cl])([Cl])([Cl])[Br]. The van der Waals surface area contributed by atoms with E-state index < -0.39 is 8.03 Å². The molecule has 0 nitrogen and oxygen atoms in total. The Balaban J connectivity index is 4.43. The van der Waals surface area contributed by atoms with Crippen LogP contribution in [0.4, 0.5) is 0 Å². The number of halogens is 6. The molecule has 0 fully saturated rings. The van der Waals surface area contributed by atoms with Crippen LogP contribution >= 0.6 is 56.7 Å². The summed E-state index contributed by atoms with van der Waals surface area (Å²) >= 11 is 2.61. The van der Waals surface area contributed by atoms with Gasteiger partial charge in [-0.3, -0.25) is 0 Å². The van der Waals surface area contributed by atoms with Gasteiger partial charge in [-0.2, -0.15) is 0 Å². The van der Waals surface area contributed by atoms with Crippen LogP contribution in [-0.4, -0.2) is 8.03 Å². The fraction of sp³-hybridized carbons (Fsp3) is 0. The fourth-order valence-electron chi connectivity index (χ4n) is 0. The van der Waals surface area contributed by atoms with E-state index in [2.05, 4.69) is 12.6 Å². The third-order valence-corrected chi connectivity index (χ3v) is 0. The molecular formula is BrCl5Sb-. The number of hydrogen-bond donors (Lipinski definition) is 0. The Morgan fingerprint density at radius 3 is 0.857 bits per heavy atom. The Hall–Kier alpha value is 2.75. The predicted octanol–water partition coefficient (Wildman–Crippen LogP) is 3.91. The van der Waals surface area contributed by atoms with Gasteiger partial charge < -0.3 is 0 Å². The first-order chi connectivity index (χ1) is 2.45. The zero-order valence-electron chi connectivity index (χ0n) is 2.72. The molecule has 0 aromatic rings. The molecule has 0 bridgehead atoms. The molecule has 7 heavy (non-hydrogen) atoms. The molecule has 0 rings (SSSR count). The second-order valence-electron chi connectivity index (χ2n) is 0.958. The molecule has 0 saturated heterocycles. The van der Waals surface area contributed by atoms with Crippen LogP contribution in [0.3, 0.4) is 0 Å². The Morgan fingerprint density at radius 1 is 0.857 bits per heavy atom. The topological polar surface area (TPSA) is 0 Å². The van der Waals surface area contributed by atoms with E-state index in [1.165, 1.54) is 0 Å². The van der Waals surface area contributed by atoms with Crippen LogP contribution in [0, 0.1) is 0 Å². The summed E-state index contributed by atoms with van der Waals surface area (Å²) in [7, 11) is 21.0. The minimum absolute atomic E-state index is 2.61. The van der Waals surface area contributed by atoms with Crippen molar-refractivity contribution in [2.24, 2.45) is 0 Å². The quantitative estimate of drug-likeness (QED) is 0.560. The second-order valence-corrected chi connectivity index (χ2v) is 72.0. The minimum atomic E-state index is -5.08. The molecule has 7 heteroatoms. The van der Waals surface area contributed by atoms with Gasteiger partial charge in [-0.1, -0.05) is 0 Å². The zero-order chi connectivity index (χ0) is 6.41. The monoisotopic (exact) mass is 375 g/mol. The zero-order valence-corrected chi connectivity index (χ0v) is 10.6. The van der Waals surface area contributed by atoms with Crippen LogP contribution in [0.15, 0.2) is 0 Å². The van der Waals surface area contributed by atoms with Crippen LogP contribution in [0.1, 0.15) is 0 Å². The van der Waals surface area contributed by atoms with Crippen molar-refractivity contribution in [3.05, 3.63) is 0 Å². The van der Waals surface area contributed by atoms with Crippen LogP contribution in [0.5, 0.6) is 0 Å². The van der Waals surface area contributed by atoms with Crippen molar-refractivity contribution >= 4 is 64.8 Å². The molecule has 0 radical (unpaired) electrons. The van der Waals surface area contributed by atoms with Crippen molar-refractivity contribution in [1.29, 1.82) is 0 Å². The molecule has 0 aromatic heterocycles. The van der Waals surface area contributed by atoms with E-state index in [0.717, 1.165) is 0 Å². The third kappa shape index (κ3) is 52.7. The number of hydrogen-bond acceptors (Lipinski definition) is 0. The first kappa shape index (κ1) is 9.75. The van der Waals surface area contributed by atoms with Crippen molar-refractivity contribution in [2.45, 2.75) is 0 Å². The molecule has 0 spiro atoms. The van der Waals surface area contributed by atoms with E-state index >= 15 is 0 Å². The Kier molecular flexibility index (Phi) is 2.32. The van der Waals surface area contributed by atoms with Crippen molar-refractivity contribution < 1.29 is 0 Å². The summed E-state index contributed by atoms with van der Waals surface area (Å²) in [6.45, 7) is 0. The van der Waals surface area contributed by atoms with Gasteiger partial charge in [0, 0.05) is 0 Å². The van der Waals surface area contributed by atoms with Gasteiger partial charge >= 0.3 is 64.8 Å². The van der Waals surface area contributed by atoms with Crippen LogP contribution in [-0.2, 0) is 0 Å². The molecule has 0 aromatic carbocycles.